The lowest BCUT2D eigenvalue weighted by atomic mass is 9.66. The van der Waals surface area contributed by atoms with E-state index in [-0.39, 0.29) is 11.7 Å². The van der Waals surface area contributed by atoms with Gasteiger partial charge in [0.05, 0.1) is 19.3 Å². The molecule has 2 rings (SSSR count). The van der Waals surface area contributed by atoms with Gasteiger partial charge in [-0.25, -0.2) is 0 Å². The SMILES string of the molecule is CC(C#N)C(C)B(OCc1ccccc1)OCc1ccccc1. The number of benzene rings is 2. The minimum atomic E-state index is -0.412. The zero-order valence-electron chi connectivity index (χ0n) is 13.7. The third-order valence-electron chi connectivity index (χ3n) is 3.94. The third kappa shape index (κ3) is 5.56. The minimum absolute atomic E-state index is 0.00701. The molecule has 0 saturated heterocycles. The van der Waals surface area contributed by atoms with Crippen molar-refractivity contribution < 1.29 is 9.31 Å². The third-order valence-corrected chi connectivity index (χ3v) is 3.94. The van der Waals surface area contributed by atoms with Crippen molar-refractivity contribution in [3.8, 4) is 6.07 Å². The Hall–Kier alpha value is -2.09. The first kappa shape index (κ1) is 17.3. The largest absolute Gasteiger partial charge is 0.461 e. The maximum absolute atomic E-state index is 9.16. The van der Waals surface area contributed by atoms with Crippen molar-refractivity contribution in [3.63, 3.8) is 0 Å². The van der Waals surface area contributed by atoms with E-state index in [9.17, 15) is 0 Å². The lowest BCUT2D eigenvalue weighted by Crippen LogP contribution is -2.30. The Kier molecular flexibility index (Phi) is 6.87. The van der Waals surface area contributed by atoms with Crippen LogP contribution in [0.15, 0.2) is 60.7 Å². The fraction of sp³-hybridized carbons (Fsp3) is 0.316. The normalized spacial score (nSPS) is 13.1. The van der Waals surface area contributed by atoms with Gasteiger partial charge in [-0.2, -0.15) is 5.26 Å². The van der Waals surface area contributed by atoms with E-state index in [1.165, 1.54) is 0 Å². The Bertz CT molecular complexity index is 569. The first-order valence-electron chi connectivity index (χ1n) is 7.91. The molecule has 0 N–H and O–H groups in total. The lowest BCUT2D eigenvalue weighted by Gasteiger charge is -2.22. The highest BCUT2D eigenvalue weighted by atomic mass is 16.6. The second-order valence-corrected chi connectivity index (χ2v) is 5.74. The molecule has 2 atom stereocenters. The van der Waals surface area contributed by atoms with Gasteiger partial charge in [0.15, 0.2) is 0 Å². The van der Waals surface area contributed by atoms with Crippen molar-refractivity contribution in [1.82, 2.24) is 0 Å². The van der Waals surface area contributed by atoms with E-state index in [2.05, 4.69) is 6.07 Å². The fourth-order valence-electron chi connectivity index (χ4n) is 2.21. The van der Waals surface area contributed by atoms with Gasteiger partial charge in [-0.3, -0.25) is 0 Å². The van der Waals surface area contributed by atoms with E-state index in [0.29, 0.717) is 13.2 Å². The summed E-state index contributed by atoms with van der Waals surface area (Å²) in [4.78, 5) is 0. The average molecular weight is 307 g/mol. The quantitative estimate of drug-likeness (QED) is 0.676. The molecule has 2 aromatic rings. The number of nitrogens with zero attached hydrogens (tertiary/aromatic N) is 1. The molecule has 118 valence electrons. The molecule has 0 saturated carbocycles. The molecule has 0 bridgehead atoms. The monoisotopic (exact) mass is 307 g/mol. The molecule has 0 aliphatic carbocycles. The van der Waals surface area contributed by atoms with Gasteiger partial charge in [-0.1, -0.05) is 67.6 Å². The first-order chi connectivity index (χ1) is 11.2. The fourth-order valence-corrected chi connectivity index (χ4v) is 2.21. The molecular formula is C19H22BNO2. The van der Waals surface area contributed by atoms with Crippen molar-refractivity contribution in [3.05, 3.63) is 71.8 Å². The number of rotatable bonds is 8. The van der Waals surface area contributed by atoms with Crippen molar-refractivity contribution in [2.45, 2.75) is 32.9 Å². The Morgan fingerprint density at radius 2 is 1.30 bits per heavy atom. The number of nitriles is 1. The summed E-state index contributed by atoms with van der Waals surface area (Å²) in [6, 6.07) is 22.3. The minimum Gasteiger partial charge on any atom is -0.407 e. The van der Waals surface area contributed by atoms with Crippen molar-refractivity contribution >= 4 is 7.12 Å². The molecule has 23 heavy (non-hydrogen) atoms. The Labute approximate surface area is 139 Å². The smallest absolute Gasteiger partial charge is 0.407 e. The van der Waals surface area contributed by atoms with E-state index in [4.69, 9.17) is 14.6 Å². The highest BCUT2D eigenvalue weighted by Crippen LogP contribution is 2.23. The Balaban J connectivity index is 1.98. The van der Waals surface area contributed by atoms with Gasteiger partial charge in [-0.15, -0.1) is 0 Å². The van der Waals surface area contributed by atoms with E-state index < -0.39 is 7.12 Å². The zero-order chi connectivity index (χ0) is 16.5. The molecule has 0 heterocycles. The van der Waals surface area contributed by atoms with Gasteiger partial charge in [0.1, 0.15) is 0 Å². The summed E-state index contributed by atoms with van der Waals surface area (Å²) in [5.41, 5.74) is 2.19. The molecule has 2 unspecified atom stereocenters. The molecule has 4 heteroatoms. The molecule has 2 aromatic carbocycles. The van der Waals surface area contributed by atoms with Crippen LogP contribution < -0.4 is 0 Å². The van der Waals surface area contributed by atoms with Crippen LogP contribution in [0.4, 0.5) is 0 Å². The lowest BCUT2D eigenvalue weighted by molar-refractivity contribution is 0.170. The van der Waals surface area contributed by atoms with Crippen LogP contribution in [-0.4, -0.2) is 7.12 Å². The maximum atomic E-state index is 9.16. The van der Waals surface area contributed by atoms with E-state index >= 15 is 0 Å². The molecule has 0 fully saturated rings. The summed E-state index contributed by atoms with van der Waals surface area (Å²) in [6.45, 7) is 4.84. The van der Waals surface area contributed by atoms with Crippen molar-refractivity contribution in [2.75, 3.05) is 0 Å². The van der Waals surface area contributed by atoms with Gasteiger partial charge in [0.25, 0.3) is 0 Å². The van der Waals surface area contributed by atoms with Crippen molar-refractivity contribution in [2.24, 2.45) is 5.92 Å². The Morgan fingerprint density at radius 3 is 1.70 bits per heavy atom. The summed E-state index contributed by atoms with van der Waals surface area (Å²) in [5.74, 6) is -0.140. The molecule has 0 radical (unpaired) electrons. The summed E-state index contributed by atoms with van der Waals surface area (Å²) in [5, 5.41) is 9.16. The predicted molar refractivity (Wildman–Crippen MR) is 92.4 cm³/mol. The van der Waals surface area contributed by atoms with Crippen LogP contribution in [0.25, 0.3) is 0 Å². The van der Waals surface area contributed by atoms with E-state index in [0.717, 1.165) is 11.1 Å². The van der Waals surface area contributed by atoms with Crippen LogP contribution in [0.2, 0.25) is 5.82 Å². The van der Waals surface area contributed by atoms with Gasteiger partial charge in [0, 0.05) is 11.7 Å². The van der Waals surface area contributed by atoms with Gasteiger partial charge in [-0.05, 0) is 18.1 Å². The second kappa shape index (κ2) is 9.14. The molecule has 0 aliphatic rings. The highest BCUT2D eigenvalue weighted by molar-refractivity contribution is 6.46. The second-order valence-electron chi connectivity index (χ2n) is 5.74. The summed E-state index contributed by atoms with van der Waals surface area (Å²) in [7, 11) is -0.412. The number of hydrogen-bond donors (Lipinski definition) is 0. The van der Waals surface area contributed by atoms with Crippen LogP contribution in [0.5, 0.6) is 0 Å². The van der Waals surface area contributed by atoms with Gasteiger partial charge < -0.3 is 9.31 Å². The van der Waals surface area contributed by atoms with Crippen LogP contribution in [0.1, 0.15) is 25.0 Å². The van der Waals surface area contributed by atoms with Crippen LogP contribution in [0.3, 0.4) is 0 Å². The topological polar surface area (TPSA) is 42.2 Å². The molecule has 0 aromatic heterocycles. The Morgan fingerprint density at radius 1 is 0.870 bits per heavy atom. The van der Waals surface area contributed by atoms with Crippen LogP contribution >= 0.6 is 0 Å². The molecular weight excluding hydrogens is 285 g/mol. The van der Waals surface area contributed by atoms with E-state index in [1.807, 2.05) is 74.5 Å². The summed E-state index contributed by atoms with van der Waals surface area (Å²) >= 11 is 0. The standard InChI is InChI=1S/C19H22BNO2/c1-16(13-21)17(2)20(22-14-18-9-5-3-6-10-18)23-15-19-11-7-4-8-12-19/h3-12,16-17H,14-15H2,1-2H3. The van der Waals surface area contributed by atoms with Crippen LogP contribution in [0, 0.1) is 17.2 Å². The van der Waals surface area contributed by atoms with E-state index in [1.54, 1.807) is 0 Å². The van der Waals surface area contributed by atoms with Crippen LogP contribution in [-0.2, 0) is 22.5 Å². The zero-order valence-corrected chi connectivity index (χ0v) is 13.7. The molecule has 3 nitrogen and oxygen atoms in total. The summed E-state index contributed by atoms with van der Waals surface area (Å²) in [6.07, 6.45) is 0. The molecule has 0 amide bonds. The first-order valence-corrected chi connectivity index (χ1v) is 7.91. The van der Waals surface area contributed by atoms with Crippen molar-refractivity contribution in [1.29, 1.82) is 5.26 Å². The molecule has 0 aliphatic heterocycles. The highest BCUT2D eigenvalue weighted by Gasteiger charge is 2.31. The van der Waals surface area contributed by atoms with Gasteiger partial charge >= 0.3 is 7.12 Å². The average Bonchev–Trinajstić information content (AvgIpc) is 2.62. The maximum Gasteiger partial charge on any atom is 0.461 e. The predicted octanol–water partition coefficient (Wildman–Crippen LogP) is 4.46. The number of hydrogen-bond acceptors (Lipinski definition) is 3. The molecule has 0 spiro atoms. The van der Waals surface area contributed by atoms with Gasteiger partial charge in [0.2, 0.25) is 0 Å². The summed E-state index contributed by atoms with van der Waals surface area (Å²) < 4.78 is 11.9.